The molecule has 2 aromatic carbocycles. The van der Waals surface area contributed by atoms with Crippen LogP contribution in [0.3, 0.4) is 0 Å². The highest BCUT2D eigenvalue weighted by Crippen LogP contribution is 2.28. The number of para-hydroxylation sites is 1. The second kappa shape index (κ2) is 7.10. The van der Waals surface area contributed by atoms with Crippen molar-refractivity contribution in [2.75, 3.05) is 5.32 Å². The van der Waals surface area contributed by atoms with Gasteiger partial charge in [0.2, 0.25) is 0 Å². The Balaban J connectivity index is 2.30. The SMILES string of the molecule is CCC(C)c1ccccc1NC(=O)c1cc(Br)ccc1Cl. The number of nitrogens with one attached hydrogen (secondary N) is 1. The topological polar surface area (TPSA) is 29.1 Å². The fraction of sp³-hybridized carbons (Fsp3) is 0.235. The predicted octanol–water partition coefficient (Wildman–Crippen LogP) is 5.87. The summed E-state index contributed by atoms with van der Waals surface area (Å²) in [4.78, 5) is 12.4. The molecule has 2 nitrogen and oxygen atoms in total. The molecule has 0 aliphatic carbocycles. The van der Waals surface area contributed by atoms with E-state index in [0.717, 1.165) is 22.1 Å². The Morgan fingerprint density at radius 2 is 2.00 bits per heavy atom. The maximum absolute atomic E-state index is 12.4. The number of hydrogen-bond donors (Lipinski definition) is 1. The van der Waals surface area contributed by atoms with Crippen LogP contribution in [-0.2, 0) is 0 Å². The molecule has 1 unspecified atom stereocenters. The zero-order chi connectivity index (χ0) is 15.4. The van der Waals surface area contributed by atoms with E-state index in [2.05, 4.69) is 35.1 Å². The van der Waals surface area contributed by atoms with Gasteiger partial charge < -0.3 is 5.32 Å². The fourth-order valence-corrected chi connectivity index (χ4v) is 2.69. The van der Waals surface area contributed by atoms with E-state index in [9.17, 15) is 4.79 Å². The Bertz CT molecular complexity index is 657. The van der Waals surface area contributed by atoms with Gasteiger partial charge in [-0.3, -0.25) is 4.79 Å². The van der Waals surface area contributed by atoms with Gasteiger partial charge in [-0.1, -0.05) is 59.6 Å². The summed E-state index contributed by atoms with van der Waals surface area (Å²) in [5.74, 6) is 0.191. The molecule has 0 aromatic heterocycles. The molecule has 0 radical (unpaired) electrons. The molecule has 0 saturated heterocycles. The van der Waals surface area contributed by atoms with Crippen LogP contribution < -0.4 is 5.32 Å². The van der Waals surface area contributed by atoms with Gasteiger partial charge in [0, 0.05) is 10.2 Å². The van der Waals surface area contributed by atoms with Crippen LogP contribution in [0.2, 0.25) is 5.02 Å². The van der Waals surface area contributed by atoms with Crippen molar-refractivity contribution in [1.29, 1.82) is 0 Å². The van der Waals surface area contributed by atoms with Crippen molar-refractivity contribution in [1.82, 2.24) is 0 Å². The average molecular weight is 367 g/mol. The summed E-state index contributed by atoms with van der Waals surface area (Å²) < 4.78 is 0.826. The van der Waals surface area contributed by atoms with Crippen molar-refractivity contribution in [3.8, 4) is 0 Å². The lowest BCUT2D eigenvalue weighted by atomic mass is 9.97. The summed E-state index contributed by atoms with van der Waals surface area (Å²) >= 11 is 9.47. The van der Waals surface area contributed by atoms with E-state index in [4.69, 9.17) is 11.6 Å². The maximum Gasteiger partial charge on any atom is 0.257 e. The summed E-state index contributed by atoms with van der Waals surface area (Å²) in [6.45, 7) is 4.28. The monoisotopic (exact) mass is 365 g/mol. The molecular formula is C17H17BrClNO. The number of rotatable bonds is 4. The lowest BCUT2D eigenvalue weighted by molar-refractivity contribution is 0.102. The Hall–Kier alpha value is -1.32. The van der Waals surface area contributed by atoms with Crippen LogP contribution in [-0.4, -0.2) is 5.91 Å². The molecular weight excluding hydrogens is 350 g/mol. The number of benzene rings is 2. The van der Waals surface area contributed by atoms with E-state index in [1.165, 1.54) is 0 Å². The summed E-state index contributed by atoms with van der Waals surface area (Å²) in [6, 6.07) is 13.1. The van der Waals surface area contributed by atoms with Gasteiger partial charge in [0.25, 0.3) is 5.91 Å². The van der Waals surface area contributed by atoms with Crippen LogP contribution in [0.1, 0.15) is 42.1 Å². The molecule has 1 amide bonds. The molecule has 0 saturated carbocycles. The Labute approximate surface area is 138 Å². The first-order chi connectivity index (χ1) is 10.0. The maximum atomic E-state index is 12.4. The second-order valence-electron chi connectivity index (χ2n) is 4.97. The molecule has 110 valence electrons. The van der Waals surface area contributed by atoms with Gasteiger partial charge in [0.1, 0.15) is 0 Å². The molecule has 0 spiro atoms. The van der Waals surface area contributed by atoms with E-state index in [1.54, 1.807) is 12.1 Å². The quantitative estimate of drug-likeness (QED) is 0.720. The van der Waals surface area contributed by atoms with E-state index < -0.39 is 0 Å². The zero-order valence-electron chi connectivity index (χ0n) is 12.0. The van der Waals surface area contributed by atoms with Crippen LogP contribution in [0.4, 0.5) is 5.69 Å². The summed E-state index contributed by atoms with van der Waals surface area (Å²) in [7, 11) is 0. The smallest absolute Gasteiger partial charge is 0.257 e. The number of amides is 1. The molecule has 0 aliphatic rings. The largest absolute Gasteiger partial charge is 0.322 e. The minimum Gasteiger partial charge on any atom is -0.322 e. The number of carbonyl (C=O) groups excluding carboxylic acids is 1. The average Bonchev–Trinajstić information content (AvgIpc) is 2.49. The number of anilines is 1. The molecule has 2 rings (SSSR count). The van der Waals surface area contributed by atoms with Gasteiger partial charge in [0.05, 0.1) is 10.6 Å². The highest BCUT2D eigenvalue weighted by Gasteiger charge is 2.14. The Kier molecular flexibility index (Phi) is 5.43. The predicted molar refractivity (Wildman–Crippen MR) is 92.3 cm³/mol. The van der Waals surface area contributed by atoms with Crippen molar-refractivity contribution in [3.05, 3.63) is 63.1 Å². The van der Waals surface area contributed by atoms with Crippen molar-refractivity contribution >= 4 is 39.1 Å². The van der Waals surface area contributed by atoms with Crippen LogP contribution in [0.15, 0.2) is 46.9 Å². The van der Waals surface area contributed by atoms with Crippen molar-refractivity contribution in [2.24, 2.45) is 0 Å². The molecule has 21 heavy (non-hydrogen) atoms. The Morgan fingerprint density at radius 1 is 1.29 bits per heavy atom. The summed E-state index contributed by atoms with van der Waals surface area (Å²) in [6.07, 6.45) is 1.02. The first-order valence-corrected chi connectivity index (χ1v) is 8.05. The number of halogens is 2. The van der Waals surface area contributed by atoms with E-state index in [1.807, 2.05) is 30.3 Å². The van der Waals surface area contributed by atoms with Gasteiger partial charge in [0.15, 0.2) is 0 Å². The zero-order valence-corrected chi connectivity index (χ0v) is 14.3. The molecule has 0 fully saturated rings. The molecule has 0 bridgehead atoms. The lowest BCUT2D eigenvalue weighted by Crippen LogP contribution is -2.14. The van der Waals surface area contributed by atoms with Crippen LogP contribution in [0, 0.1) is 0 Å². The van der Waals surface area contributed by atoms with Crippen molar-refractivity contribution < 1.29 is 4.79 Å². The van der Waals surface area contributed by atoms with Crippen LogP contribution in [0.25, 0.3) is 0 Å². The molecule has 0 aliphatic heterocycles. The van der Waals surface area contributed by atoms with E-state index in [-0.39, 0.29) is 5.91 Å². The second-order valence-corrected chi connectivity index (χ2v) is 6.30. The van der Waals surface area contributed by atoms with Gasteiger partial charge in [-0.25, -0.2) is 0 Å². The number of hydrogen-bond acceptors (Lipinski definition) is 1. The third-order valence-corrected chi connectivity index (χ3v) is 4.35. The molecule has 2 aromatic rings. The molecule has 1 N–H and O–H groups in total. The van der Waals surface area contributed by atoms with Gasteiger partial charge >= 0.3 is 0 Å². The standard InChI is InChI=1S/C17H17BrClNO/c1-3-11(2)13-6-4-5-7-16(13)20-17(21)14-10-12(18)8-9-15(14)19/h4-11H,3H2,1-2H3,(H,20,21). The third-order valence-electron chi connectivity index (χ3n) is 3.53. The van der Waals surface area contributed by atoms with Crippen molar-refractivity contribution in [3.63, 3.8) is 0 Å². The van der Waals surface area contributed by atoms with E-state index in [0.29, 0.717) is 16.5 Å². The lowest BCUT2D eigenvalue weighted by Gasteiger charge is -2.16. The van der Waals surface area contributed by atoms with Gasteiger partial charge in [-0.05, 0) is 42.2 Å². The first kappa shape index (κ1) is 16.1. The minimum absolute atomic E-state index is 0.197. The van der Waals surface area contributed by atoms with Crippen LogP contribution >= 0.6 is 27.5 Å². The van der Waals surface area contributed by atoms with Gasteiger partial charge in [-0.2, -0.15) is 0 Å². The minimum atomic E-state index is -0.197. The van der Waals surface area contributed by atoms with Crippen LogP contribution in [0.5, 0.6) is 0 Å². The van der Waals surface area contributed by atoms with Gasteiger partial charge in [-0.15, -0.1) is 0 Å². The molecule has 0 heterocycles. The molecule has 4 heteroatoms. The van der Waals surface area contributed by atoms with Crippen molar-refractivity contribution in [2.45, 2.75) is 26.2 Å². The number of carbonyl (C=O) groups is 1. The molecule has 1 atom stereocenters. The Morgan fingerprint density at radius 3 is 2.71 bits per heavy atom. The highest BCUT2D eigenvalue weighted by atomic mass is 79.9. The summed E-state index contributed by atoms with van der Waals surface area (Å²) in [5, 5.41) is 3.41. The highest BCUT2D eigenvalue weighted by molar-refractivity contribution is 9.10. The van der Waals surface area contributed by atoms with E-state index >= 15 is 0 Å². The normalized spacial score (nSPS) is 12.0. The fourth-order valence-electron chi connectivity index (χ4n) is 2.12. The summed E-state index contributed by atoms with van der Waals surface area (Å²) in [5.41, 5.74) is 2.44. The third kappa shape index (κ3) is 3.86. The first-order valence-electron chi connectivity index (χ1n) is 6.88.